The number of nitrogens with two attached hydrogens (primary N) is 1. The maximum atomic E-state index is 6.29. The van der Waals surface area contributed by atoms with Crippen molar-refractivity contribution < 1.29 is 0 Å². The van der Waals surface area contributed by atoms with Gasteiger partial charge in [0.15, 0.2) is 0 Å². The number of rotatable bonds is 2. The largest absolute Gasteiger partial charge is 0.327 e. The SMILES string of the molecule is NC1CCCCC1CN1CCc2ccccc2CC1. The van der Waals surface area contributed by atoms with Crippen LogP contribution in [0.4, 0.5) is 0 Å². The zero-order chi connectivity index (χ0) is 13.1. The van der Waals surface area contributed by atoms with Crippen molar-refractivity contribution in [3.8, 4) is 0 Å². The summed E-state index contributed by atoms with van der Waals surface area (Å²) < 4.78 is 0. The Balaban J connectivity index is 1.59. The minimum absolute atomic E-state index is 0.444. The first-order valence-corrected chi connectivity index (χ1v) is 7.87. The second kappa shape index (κ2) is 6.06. The van der Waals surface area contributed by atoms with Gasteiger partial charge < -0.3 is 10.6 Å². The highest BCUT2D eigenvalue weighted by atomic mass is 15.1. The second-order valence-electron chi connectivity index (χ2n) is 6.28. The second-order valence-corrected chi connectivity index (χ2v) is 6.28. The van der Waals surface area contributed by atoms with Crippen molar-refractivity contribution in [2.75, 3.05) is 19.6 Å². The lowest BCUT2D eigenvalue weighted by molar-refractivity contribution is 0.190. The van der Waals surface area contributed by atoms with E-state index in [0.717, 1.165) is 5.92 Å². The maximum absolute atomic E-state index is 6.29. The molecule has 2 atom stereocenters. The molecule has 0 radical (unpaired) electrons. The number of hydrogen-bond acceptors (Lipinski definition) is 2. The van der Waals surface area contributed by atoms with Crippen LogP contribution in [-0.2, 0) is 12.8 Å². The monoisotopic (exact) mass is 258 g/mol. The van der Waals surface area contributed by atoms with Gasteiger partial charge in [0, 0.05) is 25.7 Å². The number of fused-ring (bicyclic) bond motifs is 1. The van der Waals surface area contributed by atoms with E-state index in [1.54, 1.807) is 11.1 Å². The highest BCUT2D eigenvalue weighted by Gasteiger charge is 2.24. The van der Waals surface area contributed by atoms with Gasteiger partial charge >= 0.3 is 0 Å². The molecule has 2 heteroatoms. The lowest BCUT2D eigenvalue weighted by Gasteiger charge is -2.33. The van der Waals surface area contributed by atoms with Crippen LogP contribution in [0, 0.1) is 5.92 Å². The molecule has 0 spiro atoms. The Hall–Kier alpha value is -0.860. The van der Waals surface area contributed by atoms with Crippen LogP contribution in [0.1, 0.15) is 36.8 Å². The Labute approximate surface area is 117 Å². The summed E-state index contributed by atoms with van der Waals surface area (Å²) in [5.41, 5.74) is 9.40. The van der Waals surface area contributed by atoms with Gasteiger partial charge in [-0.25, -0.2) is 0 Å². The van der Waals surface area contributed by atoms with Crippen LogP contribution >= 0.6 is 0 Å². The van der Waals surface area contributed by atoms with Crippen LogP contribution in [0.3, 0.4) is 0 Å². The predicted octanol–water partition coefficient (Wildman–Crippen LogP) is 2.60. The first-order chi connectivity index (χ1) is 9.33. The molecule has 0 amide bonds. The molecule has 2 nitrogen and oxygen atoms in total. The normalized spacial score (nSPS) is 28.7. The first kappa shape index (κ1) is 13.1. The number of benzene rings is 1. The molecule has 1 aromatic rings. The quantitative estimate of drug-likeness (QED) is 0.883. The average molecular weight is 258 g/mol. The van der Waals surface area contributed by atoms with Gasteiger partial charge in [-0.15, -0.1) is 0 Å². The molecule has 19 heavy (non-hydrogen) atoms. The topological polar surface area (TPSA) is 29.3 Å². The van der Waals surface area contributed by atoms with Gasteiger partial charge in [-0.2, -0.15) is 0 Å². The Bertz CT molecular complexity index is 388. The van der Waals surface area contributed by atoms with E-state index in [1.807, 2.05) is 0 Å². The van der Waals surface area contributed by atoms with Crippen molar-refractivity contribution in [2.45, 2.75) is 44.6 Å². The van der Waals surface area contributed by atoms with Crippen molar-refractivity contribution in [3.05, 3.63) is 35.4 Å². The molecule has 0 aromatic heterocycles. The highest BCUT2D eigenvalue weighted by Crippen LogP contribution is 2.25. The van der Waals surface area contributed by atoms with E-state index in [4.69, 9.17) is 5.73 Å². The van der Waals surface area contributed by atoms with Gasteiger partial charge in [0.05, 0.1) is 0 Å². The third-order valence-corrected chi connectivity index (χ3v) is 4.97. The summed E-state index contributed by atoms with van der Waals surface area (Å²) >= 11 is 0. The molecule has 1 aliphatic carbocycles. The van der Waals surface area contributed by atoms with Crippen molar-refractivity contribution >= 4 is 0 Å². The molecular formula is C17H26N2. The Morgan fingerprint density at radius 1 is 1.00 bits per heavy atom. The fourth-order valence-corrected chi connectivity index (χ4v) is 3.69. The molecule has 3 rings (SSSR count). The highest BCUT2D eigenvalue weighted by molar-refractivity contribution is 5.28. The van der Waals surface area contributed by atoms with Crippen LogP contribution in [0.5, 0.6) is 0 Å². The van der Waals surface area contributed by atoms with E-state index in [1.165, 1.54) is 58.2 Å². The Kier molecular flexibility index (Phi) is 4.19. The first-order valence-electron chi connectivity index (χ1n) is 7.87. The molecule has 104 valence electrons. The van der Waals surface area contributed by atoms with E-state index < -0.39 is 0 Å². The van der Waals surface area contributed by atoms with Crippen LogP contribution in [0.25, 0.3) is 0 Å². The smallest absolute Gasteiger partial charge is 0.00793 e. The molecule has 2 unspecified atom stereocenters. The molecule has 2 N–H and O–H groups in total. The summed E-state index contributed by atoms with van der Waals surface area (Å²) in [5.74, 6) is 0.731. The van der Waals surface area contributed by atoms with E-state index in [9.17, 15) is 0 Å². The average Bonchev–Trinajstić information content (AvgIpc) is 2.64. The third-order valence-electron chi connectivity index (χ3n) is 4.97. The van der Waals surface area contributed by atoms with E-state index >= 15 is 0 Å². The molecule has 1 heterocycles. The van der Waals surface area contributed by atoms with E-state index in [2.05, 4.69) is 29.2 Å². The summed E-state index contributed by atoms with van der Waals surface area (Å²) in [4.78, 5) is 2.65. The number of hydrogen-bond donors (Lipinski definition) is 1. The molecule has 1 aliphatic heterocycles. The molecule has 0 saturated heterocycles. The molecular weight excluding hydrogens is 232 g/mol. The van der Waals surface area contributed by atoms with Gasteiger partial charge in [-0.05, 0) is 42.7 Å². The lowest BCUT2D eigenvalue weighted by Crippen LogP contribution is -2.42. The van der Waals surface area contributed by atoms with Gasteiger partial charge in [0.2, 0.25) is 0 Å². The zero-order valence-corrected chi connectivity index (χ0v) is 11.9. The molecule has 1 fully saturated rings. The molecule has 0 bridgehead atoms. The summed E-state index contributed by atoms with van der Waals surface area (Å²) in [5, 5.41) is 0. The van der Waals surface area contributed by atoms with Crippen molar-refractivity contribution in [3.63, 3.8) is 0 Å². The molecule has 2 aliphatic rings. The fraction of sp³-hybridized carbons (Fsp3) is 0.647. The van der Waals surface area contributed by atoms with E-state index in [-0.39, 0.29) is 0 Å². The summed E-state index contributed by atoms with van der Waals surface area (Å²) in [6, 6.07) is 9.38. The van der Waals surface area contributed by atoms with Gasteiger partial charge in [-0.1, -0.05) is 37.1 Å². The van der Waals surface area contributed by atoms with Gasteiger partial charge in [0.25, 0.3) is 0 Å². The fourth-order valence-electron chi connectivity index (χ4n) is 3.69. The lowest BCUT2D eigenvalue weighted by atomic mass is 9.84. The summed E-state index contributed by atoms with van der Waals surface area (Å²) in [6.45, 7) is 3.63. The number of nitrogens with zero attached hydrogens (tertiary/aromatic N) is 1. The van der Waals surface area contributed by atoms with Crippen LogP contribution in [-0.4, -0.2) is 30.6 Å². The minimum Gasteiger partial charge on any atom is -0.327 e. The zero-order valence-electron chi connectivity index (χ0n) is 11.9. The minimum atomic E-state index is 0.444. The standard InChI is InChI=1S/C17H26N2/c18-17-8-4-3-7-16(17)13-19-11-9-14-5-1-2-6-15(14)10-12-19/h1-2,5-6,16-17H,3-4,7-13,18H2. The summed E-state index contributed by atoms with van der Waals surface area (Å²) in [6.07, 6.45) is 7.70. The maximum Gasteiger partial charge on any atom is 0.00793 e. The van der Waals surface area contributed by atoms with Gasteiger partial charge in [0.1, 0.15) is 0 Å². The Morgan fingerprint density at radius 2 is 1.63 bits per heavy atom. The van der Waals surface area contributed by atoms with Crippen molar-refractivity contribution in [1.29, 1.82) is 0 Å². The van der Waals surface area contributed by atoms with Crippen molar-refractivity contribution in [1.82, 2.24) is 4.90 Å². The van der Waals surface area contributed by atoms with Crippen molar-refractivity contribution in [2.24, 2.45) is 11.7 Å². The summed E-state index contributed by atoms with van der Waals surface area (Å²) in [7, 11) is 0. The molecule has 1 saturated carbocycles. The van der Waals surface area contributed by atoms with E-state index in [0.29, 0.717) is 6.04 Å². The van der Waals surface area contributed by atoms with Crippen LogP contribution < -0.4 is 5.73 Å². The third kappa shape index (κ3) is 3.18. The van der Waals surface area contributed by atoms with Crippen LogP contribution in [0.15, 0.2) is 24.3 Å². The predicted molar refractivity (Wildman–Crippen MR) is 80.2 cm³/mol. The van der Waals surface area contributed by atoms with Gasteiger partial charge in [-0.3, -0.25) is 0 Å². The Morgan fingerprint density at radius 3 is 2.26 bits per heavy atom. The van der Waals surface area contributed by atoms with Crippen LogP contribution in [0.2, 0.25) is 0 Å². The molecule has 1 aromatic carbocycles.